The molecule has 0 bridgehead atoms. The van der Waals surface area contributed by atoms with Crippen LogP contribution in [-0.4, -0.2) is 68.2 Å². The van der Waals surface area contributed by atoms with Crippen LogP contribution >= 0.6 is 24.0 Å². The van der Waals surface area contributed by atoms with Crippen LogP contribution in [0.15, 0.2) is 4.99 Å². The average molecular weight is 410 g/mol. The Kier molecular flexibility index (Phi) is 8.89. The smallest absolute Gasteiger partial charge is 0.191 e. The Morgan fingerprint density at radius 1 is 1.29 bits per heavy atom. The number of nitrogens with zero attached hydrogens (tertiary/aromatic N) is 3. The molecule has 0 aromatic carbocycles. The van der Waals surface area contributed by atoms with E-state index in [2.05, 4.69) is 21.7 Å². The van der Waals surface area contributed by atoms with Gasteiger partial charge in [-0.25, -0.2) is 0 Å². The highest BCUT2D eigenvalue weighted by atomic mass is 127. The van der Waals surface area contributed by atoms with E-state index in [1.54, 1.807) is 7.11 Å². The molecule has 0 aliphatic carbocycles. The quantitative estimate of drug-likeness (QED) is 0.427. The number of likely N-dealkylation sites (tertiary alicyclic amines) is 2. The van der Waals surface area contributed by atoms with Gasteiger partial charge in [-0.1, -0.05) is 6.92 Å². The SMILES string of the molecule is COCCN1CCCC1CN=C(N)N1CCCC(C)C1.I. The summed E-state index contributed by atoms with van der Waals surface area (Å²) in [7, 11) is 1.76. The number of hydrogen-bond acceptors (Lipinski definition) is 3. The lowest BCUT2D eigenvalue weighted by atomic mass is 10.0. The molecule has 21 heavy (non-hydrogen) atoms. The van der Waals surface area contributed by atoms with E-state index < -0.39 is 0 Å². The molecule has 2 N–H and O–H groups in total. The van der Waals surface area contributed by atoms with Gasteiger partial charge < -0.3 is 15.4 Å². The molecule has 0 radical (unpaired) electrons. The fourth-order valence-electron chi connectivity index (χ4n) is 3.30. The molecule has 0 aromatic rings. The summed E-state index contributed by atoms with van der Waals surface area (Å²) < 4.78 is 5.17. The molecule has 2 fully saturated rings. The Morgan fingerprint density at radius 3 is 2.76 bits per heavy atom. The van der Waals surface area contributed by atoms with Gasteiger partial charge in [-0.05, 0) is 38.1 Å². The fraction of sp³-hybridized carbons (Fsp3) is 0.933. The minimum absolute atomic E-state index is 0. The Bertz CT molecular complexity index is 327. The molecule has 2 aliphatic heterocycles. The lowest BCUT2D eigenvalue weighted by molar-refractivity contribution is 0.142. The van der Waals surface area contributed by atoms with Crippen LogP contribution in [0.25, 0.3) is 0 Å². The van der Waals surface area contributed by atoms with Crippen molar-refractivity contribution in [3.63, 3.8) is 0 Å². The molecule has 2 unspecified atom stereocenters. The molecule has 0 saturated carbocycles. The van der Waals surface area contributed by atoms with E-state index in [9.17, 15) is 0 Å². The molecule has 6 heteroatoms. The summed E-state index contributed by atoms with van der Waals surface area (Å²) in [5, 5.41) is 0. The monoisotopic (exact) mass is 410 g/mol. The van der Waals surface area contributed by atoms with Gasteiger partial charge in [0.25, 0.3) is 0 Å². The zero-order chi connectivity index (χ0) is 14.4. The topological polar surface area (TPSA) is 54.1 Å². The predicted octanol–water partition coefficient (Wildman–Crippen LogP) is 1.76. The number of nitrogens with two attached hydrogens (primary N) is 1. The molecule has 5 nitrogen and oxygen atoms in total. The van der Waals surface area contributed by atoms with E-state index >= 15 is 0 Å². The maximum atomic E-state index is 6.17. The van der Waals surface area contributed by atoms with Crippen molar-refractivity contribution in [1.29, 1.82) is 0 Å². The van der Waals surface area contributed by atoms with Crippen molar-refractivity contribution in [2.75, 3.05) is 46.4 Å². The maximum Gasteiger partial charge on any atom is 0.191 e. The van der Waals surface area contributed by atoms with E-state index in [0.29, 0.717) is 6.04 Å². The third kappa shape index (κ3) is 5.90. The van der Waals surface area contributed by atoms with Crippen molar-refractivity contribution >= 4 is 29.9 Å². The second-order valence-corrected chi connectivity index (χ2v) is 6.22. The molecule has 2 aliphatic rings. The predicted molar refractivity (Wildman–Crippen MR) is 98.3 cm³/mol. The van der Waals surface area contributed by atoms with Crippen LogP contribution in [0.3, 0.4) is 0 Å². The number of piperidine rings is 1. The molecular formula is C15H31IN4O. The van der Waals surface area contributed by atoms with Gasteiger partial charge in [-0.2, -0.15) is 0 Å². The summed E-state index contributed by atoms with van der Waals surface area (Å²) in [5.41, 5.74) is 6.17. The maximum absolute atomic E-state index is 6.17. The number of halogens is 1. The van der Waals surface area contributed by atoms with Crippen molar-refractivity contribution < 1.29 is 4.74 Å². The van der Waals surface area contributed by atoms with E-state index in [0.717, 1.165) is 44.7 Å². The Balaban J connectivity index is 0.00000220. The Labute approximate surface area is 146 Å². The molecular weight excluding hydrogens is 379 g/mol. The van der Waals surface area contributed by atoms with Crippen LogP contribution < -0.4 is 5.73 Å². The van der Waals surface area contributed by atoms with E-state index in [1.165, 1.54) is 32.2 Å². The molecule has 2 atom stereocenters. The van der Waals surface area contributed by atoms with Crippen LogP contribution in [0.2, 0.25) is 0 Å². The first kappa shape index (κ1) is 19.0. The molecule has 2 heterocycles. The van der Waals surface area contributed by atoms with Crippen molar-refractivity contribution in [3.8, 4) is 0 Å². The summed E-state index contributed by atoms with van der Waals surface area (Å²) in [5.74, 6) is 1.48. The first-order valence-electron chi connectivity index (χ1n) is 7.98. The number of methoxy groups -OCH3 is 1. The lowest BCUT2D eigenvalue weighted by Crippen LogP contribution is -2.44. The van der Waals surface area contributed by atoms with Crippen molar-refractivity contribution in [2.45, 2.75) is 38.6 Å². The first-order valence-corrected chi connectivity index (χ1v) is 7.98. The standard InChI is InChI=1S/C15H30N4O.HI/c1-13-5-3-8-19(12-13)15(16)17-11-14-6-4-7-18(14)9-10-20-2;/h13-14H,3-12H2,1-2H3,(H2,16,17);1H. The zero-order valence-electron chi connectivity index (χ0n) is 13.5. The minimum atomic E-state index is 0. The summed E-state index contributed by atoms with van der Waals surface area (Å²) >= 11 is 0. The molecule has 2 rings (SSSR count). The first-order chi connectivity index (χ1) is 9.70. The third-order valence-electron chi connectivity index (χ3n) is 4.53. The van der Waals surface area contributed by atoms with Crippen molar-refractivity contribution in [3.05, 3.63) is 0 Å². The van der Waals surface area contributed by atoms with Gasteiger partial charge in [-0.3, -0.25) is 9.89 Å². The van der Waals surface area contributed by atoms with Gasteiger partial charge in [0.05, 0.1) is 13.2 Å². The molecule has 0 amide bonds. The molecule has 0 aromatic heterocycles. The van der Waals surface area contributed by atoms with Gasteiger partial charge >= 0.3 is 0 Å². The number of rotatable bonds is 5. The number of aliphatic imine (C=N–C) groups is 1. The van der Waals surface area contributed by atoms with Crippen molar-refractivity contribution in [2.24, 2.45) is 16.6 Å². The summed E-state index contributed by atoms with van der Waals surface area (Å²) in [4.78, 5) is 9.40. The normalized spacial score (nSPS) is 27.7. The van der Waals surface area contributed by atoms with Gasteiger partial charge in [-0.15, -0.1) is 24.0 Å². The van der Waals surface area contributed by atoms with Gasteiger partial charge in [0.2, 0.25) is 0 Å². The van der Waals surface area contributed by atoms with Crippen LogP contribution in [-0.2, 0) is 4.74 Å². The zero-order valence-corrected chi connectivity index (χ0v) is 15.8. The Hall–Kier alpha value is -0.0800. The summed E-state index contributed by atoms with van der Waals surface area (Å²) in [6.07, 6.45) is 5.05. The third-order valence-corrected chi connectivity index (χ3v) is 4.53. The second kappa shape index (κ2) is 9.84. The highest BCUT2D eigenvalue weighted by molar-refractivity contribution is 14.0. The van der Waals surface area contributed by atoms with Gasteiger partial charge in [0.15, 0.2) is 5.96 Å². The van der Waals surface area contributed by atoms with E-state index in [1.807, 2.05) is 0 Å². The van der Waals surface area contributed by atoms with E-state index in [4.69, 9.17) is 10.5 Å². The Morgan fingerprint density at radius 2 is 2.05 bits per heavy atom. The van der Waals surface area contributed by atoms with Gasteiger partial charge in [0, 0.05) is 32.8 Å². The number of ether oxygens (including phenoxy) is 1. The molecule has 124 valence electrons. The van der Waals surface area contributed by atoms with E-state index in [-0.39, 0.29) is 24.0 Å². The fourth-order valence-corrected chi connectivity index (χ4v) is 3.30. The van der Waals surface area contributed by atoms with Crippen LogP contribution in [0.1, 0.15) is 32.6 Å². The van der Waals surface area contributed by atoms with Crippen LogP contribution in [0.5, 0.6) is 0 Å². The second-order valence-electron chi connectivity index (χ2n) is 6.22. The largest absolute Gasteiger partial charge is 0.383 e. The van der Waals surface area contributed by atoms with Gasteiger partial charge in [0.1, 0.15) is 0 Å². The van der Waals surface area contributed by atoms with Crippen molar-refractivity contribution in [1.82, 2.24) is 9.80 Å². The number of guanidine groups is 1. The highest BCUT2D eigenvalue weighted by Crippen LogP contribution is 2.18. The van der Waals surface area contributed by atoms with Crippen LogP contribution in [0.4, 0.5) is 0 Å². The summed E-state index contributed by atoms with van der Waals surface area (Å²) in [6.45, 7) is 8.25. The number of hydrogen-bond donors (Lipinski definition) is 1. The summed E-state index contributed by atoms with van der Waals surface area (Å²) in [6, 6.07) is 0.547. The molecule has 0 spiro atoms. The lowest BCUT2D eigenvalue weighted by Gasteiger charge is -2.32. The highest BCUT2D eigenvalue weighted by Gasteiger charge is 2.24. The molecule has 2 saturated heterocycles. The average Bonchev–Trinajstić information content (AvgIpc) is 2.90. The van der Waals surface area contributed by atoms with Crippen LogP contribution in [0, 0.1) is 5.92 Å². The minimum Gasteiger partial charge on any atom is -0.383 e.